The van der Waals surface area contributed by atoms with E-state index in [1.54, 1.807) is 33.0 Å². The molecule has 2 N–H and O–H groups in total. The van der Waals surface area contributed by atoms with Crippen molar-refractivity contribution >= 4 is 22.8 Å². The molecule has 0 saturated carbocycles. The second kappa shape index (κ2) is 7.93. The molecule has 0 amide bonds. The van der Waals surface area contributed by atoms with Crippen LogP contribution in [0.1, 0.15) is 46.0 Å². The maximum Gasteiger partial charge on any atom is 0.420 e. The average Bonchev–Trinajstić information content (AvgIpc) is 2.95. The number of pyridine rings is 1. The first-order chi connectivity index (χ1) is 14.0. The summed E-state index contributed by atoms with van der Waals surface area (Å²) in [4.78, 5) is 30.0. The Morgan fingerprint density at radius 3 is 2.63 bits per heavy atom. The molecule has 0 spiro atoms. The highest BCUT2D eigenvalue weighted by molar-refractivity contribution is 5.89. The van der Waals surface area contributed by atoms with E-state index in [1.807, 2.05) is 13.8 Å². The highest BCUT2D eigenvalue weighted by Gasteiger charge is 2.25. The van der Waals surface area contributed by atoms with Crippen LogP contribution in [-0.4, -0.2) is 25.8 Å². The van der Waals surface area contributed by atoms with Gasteiger partial charge in [-0.15, -0.1) is 0 Å². The molecule has 7 nitrogen and oxygen atoms in total. The number of carbonyl (C=O) groups is 1. The van der Waals surface area contributed by atoms with Crippen molar-refractivity contribution in [1.82, 2.24) is 14.1 Å². The van der Waals surface area contributed by atoms with Crippen LogP contribution in [0.2, 0.25) is 0 Å². The van der Waals surface area contributed by atoms with Gasteiger partial charge in [-0.05, 0) is 56.9 Å². The maximum absolute atomic E-state index is 14.4. The molecule has 0 aliphatic carbocycles. The van der Waals surface area contributed by atoms with Gasteiger partial charge in [0.15, 0.2) is 0 Å². The summed E-state index contributed by atoms with van der Waals surface area (Å²) in [5.41, 5.74) is 6.19. The number of carbonyl (C=O) groups excluding carboxylic acids is 1. The van der Waals surface area contributed by atoms with E-state index in [1.165, 1.54) is 27.3 Å². The number of fused-ring (bicyclic) bond motifs is 1. The highest BCUT2D eigenvalue weighted by Crippen LogP contribution is 2.26. The fraction of sp³-hybridized carbons (Fsp3) is 0.409. The van der Waals surface area contributed by atoms with Crippen molar-refractivity contribution in [3.05, 3.63) is 58.0 Å². The zero-order chi connectivity index (χ0) is 22.2. The monoisotopic (exact) mass is 414 g/mol. The smallest absolute Gasteiger partial charge is 0.420 e. The van der Waals surface area contributed by atoms with Crippen LogP contribution in [0.4, 0.5) is 14.9 Å². The predicted molar refractivity (Wildman–Crippen MR) is 114 cm³/mol. The van der Waals surface area contributed by atoms with Crippen LogP contribution < -0.4 is 11.3 Å². The molecule has 8 heteroatoms. The van der Waals surface area contributed by atoms with Crippen LogP contribution in [0.3, 0.4) is 0 Å². The number of benzene rings is 1. The van der Waals surface area contributed by atoms with E-state index in [0.717, 1.165) is 0 Å². The third-order valence-corrected chi connectivity index (χ3v) is 4.44. The molecule has 0 atom stereocenters. The van der Waals surface area contributed by atoms with E-state index < -0.39 is 23.1 Å². The second-order valence-corrected chi connectivity index (χ2v) is 8.77. The summed E-state index contributed by atoms with van der Waals surface area (Å²) < 4.78 is 22.5. The van der Waals surface area contributed by atoms with Crippen molar-refractivity contribution in [2.45, 2.75) is 53.2 Å². The van der Waals surface area contributed by atoms with Gasteiger partial charge >= 0.3 is 6.09 Å². The van der Waals surface area contributed by atoms with E-state index >= 15 is 0 Å². The number of anilines is 1. The summed E-state index contributed by atoms with van der Waals surface area (Å²) in [6, 6.07) is 5.85. The van der Waals surface area contributed by atoms with Crippen LogP contribution in [0.15, 0.2) is 35.3 Å². The Morgan fingerprint density at radius 1 is 1.30 bits per heavy atom. The first-order valence-corrected chi connectivity index (χ1v) is 9.84. The van der Waals surface area contributed by atoms with E-state index in [0.29, 0.717) is 23.0 Å². The van der Waals surface area contributed by atoms with Crippen molar-refractivity contribution < 1.29 is 13.9 Å². The number of halogens is 1. The Hall–Kier alpha value is -3.16. The lowest BCUT2D eigenvalue weighted by atomic mass is 10.0. The minimum absolute atomic E-state index is 0.0134. The molecule has 0 unspecified atom stereocenters. The maximum atomic E-state index is 14.4. The standard InChI is InChI=1S/C22H27FN4O3/c1-13(2)9-14-10-15(23)11-17-19(14)25-18(27(17)21(29)30-22(3,4)5)12-26-8-6-7-16(24)20(26)28/h6-8,10-11,13H,9,12,24H2,1-5H3. The minimum Gasteiger partial charge on any atom is -0.443 e. The first kappa shape index (κ1) is 21.5. The lowest BCUT2D eigenvalue weighted by Gasteiger charge is -2.20. The van der Waals surface area contributed by atoms with Crippen molar-refractivity contribution in [3.63, 3.8) is 0 Å². The number of hydrogen-bond acceptors (Lipinski definition) is 5. The van der Waals surface area contributed by atoms with Gasteiger partial charge < -0.3 is 15.0 Å². The first-order valence-electron chi connectivity index (χ1n) is 9.84. The molecule has 0 fully saturated rings. The summed E-state index contributed by atoms with van der Waals surface area (Å²) >= 11 is 0. The highest BCUT2D eigenvalue weighted by atomic mass is 19.1. The second-order valence-electron chi connectivity index (χ2n) is 8.77. The van der Waals surface area contributed by atoms with Crippen LogP contribution in [0.5, 0.6) is 0 Å². The van der Waals surface area contributed by atoms with Crippen molar-refractivity contribution in [1.29, 1.82) is 0 Å². The molecule has 0 aliphatic heterocycles. The number of ether oxygens (including phenoxy) is 1. The van der Waals surface area contributed by atoms with E-state index in [-0.39, 0.29) is 24.0 Å². The van der Waals surface area contributed by atoms with Gasteiger partial charge in [-0.1, -0.05) is 13.8 Å². The van der Waals surface area contributed by atoms with Gasteiger partial charge in [0.2, 0.25) is 0 Å². The number of nitrogens with two attached hydrogens (primary N) is 1. The predicted octanol–water partition coefficient (Wildman–Crippen LogP) is 3.95. The SMILES string of the molecule is CC(C)Cc1cc(F)cc2c1nc(Cn1cccc(N)c1=O)n2C(=O)OC(C)(C)C. The van der Waals surface area contributed by atoms with Gasteiger partial charge in [0.05, 0.1) is 23.3 Å². The summed E-state index contributed by atoms with van der Waals surface area (Å²) in [5.74, 6) is 0.0692. The van der Waals surface area contributed by atoms with Gasteiger partial charge in [0.1, 0.15) is 17.2 Å². The molecule has 2 heterocycles. The molecular formula is C22H27FN4O3. The summed E-state index contributed by atoms with van der Waals surface area (Å²) in [6.45, 7) is 9.27. The molecule has 0 aliphatic rings. The van der Waals surface area contributed by atoms with Gasteiger partial charge in [-0.3, -0.25) is 4.79 Å². The third kappa shape index (κ3) is 4.53. The minimum atomic E-state index is -0.757. The van der Waals surface area contributed by atoms with Gasteiger partial charge in [0, 0.05) is 12.3 Å². The van der Waals surface area contributed by atoms with E-state index in [4.69, 9.17) is 10.5 Å². The molecule has 2 aromatic heterocycles. The topological polar surface area (TPSA) is 92.1 Å². The molecule has 30 heavy (non-hydrogen) atoms. The lowest BCUT2D eigenvalue weighted by Crippen LogP contribution is -2.30. The fourth-order valence-electron chi connectivity index (χ4n) is 3.30. The molecule has 3 rings (SSSR count). The Kier molecular flexibility index (Phi) is 5.70. The molecular weight excluding hydrogens is 387 g/mol. The number of rotatable bonds is 4. The molecule has 1 aromatic carbocycles. The molecule has 0 radical (unpaired) electrons. The summed E-state index contributed by atoms with van der Waals surface area (Å²) in [6.07, 6.45) is 1.47. The van der Waals surface area contributed by atoms with Crippen molar-refractivity contribution in [2.75, 3.05) is 5.73 Å². The molecule has 3 aromatic rings. The number of imidazole rings is 1. The Morgan fingerprint density at radius 2 is 2.00 bits per heavy atom. The van der Waals surface area contributed by atoms with Crippen molar-refractivity contribution in [2.24, 2.45) is 5.92 Å². The van der Waals surface area contributed by atoms with E-state index in [2.05, 4.69) is 4.98 Å². The zero-order valence-corrected chi connectivity index (χ0v) is 17.9. The zero-order valence-electron chi connectivity index (χ0n) is 17.9. The van der Waals surface area contributed by atoms with Crippen LogP contribution in [0.25, 0.3) is 11.0 Å². The van der Waals surface area contributed by atoms with Crippen LogP contribution >= 0.6 is 0 Å². The Balaban J connectivity index is 2.23. The number of hydrogen-bond donors (Lipinski definition) is 1. The number of aromatic nitrogens is 3. The molecule has 0 saturated heterocycles. The quantitative estimate of drug-likeness (QED) is 0.698. The Bertz CT molecular complexity index is 1160. The van der Waals surface area contributed by atoms with Gasteiger partial charge in [-0.2, -0.15) is 0 Å². The fourth-order valence-corrected chi connectivity index (χ4v) is 3.30. The molecule has 160 valence electrons. The van der Waals surface area contributed by atoms with Gasteiger partial charge in [0.25, 0.3) is 5.56 Å². The third-order valence-electron chi connectivity index (χ3n) is 4.44. The van der Waals surface area contributed by atoms with Gasteiger partial charge in [-0.25, -0.2) is 18.7 Å². The van der Waals surface area contributed by atoms with Crippen LogP contribution in [-0.2, 0) is 17.7 Å². The summed E-state index contributed by atoms with van der Waals surface area (Å²) in [7, 11) is 0. The van der Waals surface area contributed by atoms with E-state index in [9.17, 15) is 14.0 Å². The lowest BCUT2D eigenvalue weighted by molar-refractivity contribution is 0.0538. The Labute approximate surface area is 174 Å². The average molecular weight is 414 g/mol. The molecule has 0 bridgehead atoms. The number of nitrogen functional groups attached to an aromatic ring is 1. The normalized spacial score (nSPS) is 12.0. The van der Waals surface area contributed by atoms with Crippen molar-refractivity contribution in [3.8, 4) is 0 Å². The van der Waals surface area contributed by atoms with Crippen LogP contribution in [0, 0.1) is 11.7 Å². The largest absolute Gasteiger partial charge is 0.443 e. The summed E-state index contributed by atoms with van der Waals surface area (Å²) in [5, 5.41) is 0. The number of nitrogens with zero attached hydrogens (tertiary/aromatic N) is 3.